The summed E-state index contributed by atoms with van der Waals surface area (Å²) in [7, 11) is 1.14. The fraction of sp³-hybridized carbons (Fsp3) is 0.350. The van der Waals surface area contributed by atoms with Crippen molar-refractivity contribution in [3.63, 3.8) is 0 Å². The average Bonchev–Trinajstić information content (AvgIpc) is 2.65. The Morgan fingerprint density at radius 3 is 2.19 bits per heavy atom. The lowest BCUT2D eigenvalue weighted by Crippen LogP contribution is -2.27. The Bertz CT molecular complexity index is 908. The maximum Gasteiger partial charge on any atom is 0.420 e. The van der Waals surface area contributed by atoms with Gasteiger partial charge in [-0.3, -0.25) is 14.6 Å². The molecule has 1 heterocycles. The Morgan fingerprint density at radius 2 is 1.67 bits per heavy atom. The number of fused-ring (bicyclic) bond motifs is 1. The van der Waals surface area contributed by atoms with Crippen LogP contribution in [0.25, 0.3) is 0 Å². The van der Waals surface area contributed by atoms with Crippen molar-refractivity contribution in [3.8, 4) is 5.75 Å². The van der Waals surface area contributed by atoms with E-state index in [1.807, 2.05) is 0 Å². The van der Waals surface area contributed by atoms with E-state index in [1.54, 1.807) is 19.1 Å². The van der Waals surface area contributed by atoms with Crippen molar-refractivity contribution in [2.24, 2.45) is 0 Å². The van der Waals surface area contributed by atoms with Gasteiger partial charge in [-0.05, 0) is 25.3 Å². The minimum absolute atomic E-state index is 0.0639. The second-order valence-corrected chi connectivity index (χ2v) is 6.33. The van der Waals surface area contributed by atoms with Gasteiger partial charge < -0.3 is 4.74 Å². The third-order valence-corrected chi connectivity index (χ3v) is 4.72. The van der Waals surface area contributed by atoms with Crippen molar-refractivity contribution in [1.29, 1.82) is 0 Å². The molecule has 142 valence electrons. The maximum atomic E-state index is 13.2. The largest absolute Gasteiger partial charge is 0.495 e. The number of Topliss-reactive ketones (excluding diaryl/α,β-unsaturated/α-hetero) is 2. The molecule has 0 saturated heterocycles. The van der Waals surface area contributed by atoms with Crippen LogP contribution in [0.2, 0.25) is 0 Å². The summed E-state index contributed by atoms with van der Waals surface area (Å²) in [6, 6.07) is 0.872. The lowest BCUT2D eigenvalue weighted by Gasteiger charge is -2.24. The van der Waals surface area contributed by atoms with Crippen LogP contribution in [0, 0.1) is 0 Å². The van der Waals surface area contributed by atoms with Crippen molar-refractivity contribution >= 4 is 11.6 Å². The molecule has 0 spiro atoms. The molecule has 2 aliphatic rings. The number of ketones is 2. The van der Waals surface area contributed by atoms with E-state index in [0.29, 0.717) is 36.0 Å². The zero-order valence-electron chi connectivity index (χ0n) is 14.9. The number of rotatable bonds is 4. The van der Waals surface area contributed by atoms with Crippen LogP contribution in [-0.4, -0.2) is 23.7 Å². The number of methoxy groups -OCH3 is 1. The van der Waals surface area contributed by atoms with Gasteiger partial charge in [0.25, 0.3) is 0 Å². The topological polar surface area (TPSA) is 56.3 Å². The second-order valence-electron chi connectivity index (χ2n) is 6.33. The average molecular weight is 377 g/mol. The van der Waals surface area contributed by atoms with Gasteiger partial charge >= 0.3 is 6.18 Å². The zero-order chi connectivity index (χ0) is 19.8. The van der Waals surface area contributed by atoms with E-state index in [-0.39, 0.29) is 35.0 Å². The first-order chi connectivity index (χ1) is 12.8. The molecule has 0 unspecified atom stereocenters. The van der Waals surface area contributed by atoms with E-state index in [1.165, 1.54) is 0 Å². The number of hydrogen-bond acceptors (Lipinski definition) is 4. The van der Waals surface area contributed by atoms with Gasteiger partial charge in [-0.15, -0.1) is 0 Å². The van der Waals surface area contributed by atoms with Gasteiger partial charge in [-0.25, -0.2) is 0 Å². The number of alkyl halides is 3. The van der Waals surface area contributed by atoms with Gasteiger partial charge in [-0.2, -0.15) is 13.2 Å². The van der Waals surface area contributed by atoms with E-state index >= 15 is 0 Å². The number of hydrogen-bond donors (Lipinski definition) is 0. The fourth-order valence-electron chi connectivity index (χ4n) is 3.41. The van der Waals surface area contributed by atoms with Crippen LogP contribution in [0.4, 0.5) is 13.2 Å². The highest BCUT2D eigenvalue weighted by Gasteiger charge is 2.37. The van der Waals surface area contributed by atoms with E-state index < -0.39 is 11.7 Å². The Labute approximate surface area is 154 Å². The molecule has 4 nitrogen and oxygen atoms in total. The molecule has 0 aromatic carbocycles. The number of ether oxygens (including phenoxy) is 1. The summed E-state index contributed by atoms with van der Waals surface area (Å²) < 4.78 is 44.5. The molecule has 0 N–H and O–H groups in total. The molecule has 0 aliphatic heterocycles. The standard InChI is InChI=1S/C20H18F3NO3/c1-3-12-15(19(26)14-7-5-4-6-13(14)18(12)25)8-11-9-16(20(21,22)23)17(27-2)10-24-11/h6-7,9-10H,3-5,8H2,1-2H3. The van der Waals surface area contributed by atoms with Crippen LogP contribution in [0.15, 0.2) is 46.7 Å². The first kappa shape index (κ1) is 19.1. The third-order valence-electron chi connectivity index (χ3n) is 4.72. The Balaban J connectivity index is 2.06. The summed E-state index contributed by atoms with van der Waals surface area (Å²) in [5.74, 6) is -0.909. The molecule has 1 aromatic heterocycles. The van der Waals surface area contributed by atoms with Gasteiger partial charge in [-0.1, -0.05) is 19.1 Å². The molecule has 27 heavy (non-hydrogen) atoms. The SMILES string of the molecule is CCC1=C(Cc2cc(C(F)(F)F)c(OC)cn2)C(=O)C2=CCCC=C2C1=O. The van der Waals surface area contributed by atoms with Crippen LogP contribution in [0.5, 0.6) is 5.75 Å². The van der Waals surface area contributed by atoms with Crippen molar-refractivity contribution in [3.05, 3.63) is 58.0 Å². The lowest BCUT2D eigenvalue weighted by molar-refractivity contribution is -0.138. The van der Waals surface area contributed by atoms with Gasteiger partial charge in [0, 0.05) is 34.4 Å². The van der Waals surface area contributed by atoms with Gasteiger partial charge in [0.05, 0.1) is 13.3 Å². The maximum absolute atomic E-state index is 13.2. The summed E-state index contributed by atoms with van der Waals surface area (Å²) in [6.45, 7) is 1.75. The number of aromatic nitrogens is 1. The molecule has 0 radical (unpaired) electrons. The van der Waals surface area contributed by atoms with Crippen LogP contribution in [0.3, 0.4) is 0 Å². The second kappa shape index (κ2) is 7.13. The first-order valence-electron chi connectivity index (χ1n) is 8.60. The van der Waals surface area contributed by atoms with Crippen molar-refractivity contribution < 1.29 is 27.5 Å². The normalized spacial score (nSPS) is 17.5. The van der Waals surface area contributed by atoms with Gasteiger partial charge in [0.1, 0.15) is 11.3 Å². The highest BCUT2D eigenvalue weighted by molar-refractivity contribution is 6.29. The number of halogens is 3. The number of allylic oxidation sites excluding steroid dienone is 6. The van der Waals surface area contributed by atoms with Crippen molar-refractivity contribution in [2.45, 2.75) is 38.8 Å². The molecule has 0 fully saturated rings. The van der Waals surface area contributed by atoms with Gasteiger partial charge in [0.2, 0.25) is 0 Å². The minimum Gasteiger partial charge on any atom is -0.495 e. The molecule has 0 amide bonds. The van der Waals surface area contributed by atoms with Crippen molar-refractivity contribution in [1.82, 2.24) is 4.98 Å². The van der Waals surface area contributed by atoms with E-state index in [2.05, 4.69) is 4.98 Å². The van der Waals surface area contributed by atoms with Crippen LogP contribution in [-0.2, 0) is 22.2 Å². The Kier molecular flexibility index (Phi) is 5.04. The first-order valence-corrected chi connectivity index (χ1v) is 8.60. The third kappa shape index (κ3) is 3.46. The van der Waals surface area contributed by atoms with E-state index in [9.17, 15) is 22.8 Å². The van der Waals surface area contributed by atoms with E-state index in [4.69, 9.17) is 4.74 Å². The molecule has 1 aromatic rings. The Hall–Kier alpha value is -2.70. The Morgan fingerprint density at radius 1 is 1.07 bits per heavy atom. The zero-order valence-corrected chi connectivity index (χ0v) is 14.9. The number of carbonyl (C=O) groups is 2. The highest BCUT2D eigenvalue weighted by Crippen LogP contribution is 2.38. The highest BCUT2D eigenvalue weighted by atomic mass is 19.4. The van der Waals surface area contributed by atoms with E-state index in [0.717, 1.165) is 19.4 Å². The lowest BCUT2D eigenvalue weighted by atomic mass is 9.77. The summed E-state index contributed by atoms with van der Waals surface area (Å²) >= 11 is 0. The van der Waals surface area contributed by atoms with Crippen molar-refractivity contribution in [2.75, 3.05) is 7.11 Å². The molecule has 2 aliphatic carbocycles. The summed E-state index contributed by atoms with van der Waals surface area (Å²) in [6.07, 6.45) is 1.41. The van der Waals surface area contributed by atoms with Crippen LogP contribution < -0.4 is 4.74 Å². The quantitative estimate of drug-likeness (QED) is 0.791. The monoisotopic (exact) mass is 377 g/mol. The molecule has 0 saturated carbocycles. The number of nitrogens with zero attached hydrogens (tertiary/aromatic N) is 1. The minimum atomic E-state index is -4.61. The molecular formula is C20H18F3NO3. The fourth-order valence-corrected chi connectivity index (χ4v) is 3.41. The number of carbonyl (C=O) groups excluding carboxylic acids is 2. The van der Waals surface area contributed by atoms with Crippen LogP contribution >= 0.6 is 0 Å². The molecule has 0 bridgehead atoms. The molecule has 3 rings (SSSR count). The summed E-state index contributed by atoms with van der Waals surface area (Å²) in [5, 5.41) is 0. The molecule has 0 atom stereocenters. The molecule has 7 heteroatoms. The summed E-state index contributed by atoms with van der Waals surface area (Å²) in [5.41, 5.74) is 0.429. The number of pyridine rings is 1. The molecular weight excluding hydrogens is 359 g/mol. The summed E-state index contributed by atoms with van der Waals surface area (Å²) in [4.78, 5) is 29.6. The predicted molar refractivity (Wildman–Crippen MR) is 92.2 cm³/mol. The smallest absolute Gasteiger partial charge is 0.420 e. The predicted octanol–water partition coefficient (Wildman–Crippen LogP) is 4.16. The van der Waals surface area contributed by atoms with Gasteiger partial charge in [0.15, 0.2) is 11.6 Å². The van der Waals surface area contributed by atoms with Crippen LogP contribution in [0.1, 0.15) is 37.4 Å².